The van der Waals surface area contributed by atoms with Crippen LogP contribution < -0.4 is 4.57 Å². The molecule has 0 aliphatic heterocycles. The first kappa shape index (κ1) is 18.9. The average molecular weight is 388 g/mol. The van der Waals surface area contributed by atoms with E-state index in [-0.39, 0.29) is 5.41 Å². The van der Waals surface area contributed by atoms with Crippen LogP contribution in [0.5, 0.6) is 0 Å². The summed E-state index contributed by atoms with van der Waals surface area (Å²) >= 11 is 0. The monoisotopic (exact) mass is 387 g/mol. The fourth-order valence-corrected chi connectivity index (χ4v) is 4.90. The first-order valence-electron chi connectivity index (χ1n) is 11.6. The van der Waals surface area contributed by atoms with Crippen molar-refractivity contribution < 1.29 is 5.94 Å². The lowest BCUT2D eigenvalue weighted by molar-refractivity contribution is -0.665. The summed E-state index contributed by atoms with van der Waals surface area (Å²) in [6, 6.07) is 12.3. The number of aromatic nitrogens is 1. The number of hydrogen-bond donors (Lipinski definition) is 0. The van der Waals surface area contributed by atoms with Gasteiger partial charge in [0.2, 0.25) is 5.69 Å². The van der Waals surface area contributed by atoms with Crippen LogP contribution in [0.25, 0.3) is 22.0 Å². The minimum absolute atomic E-state index is 0.0711. The largest absolute Gasteiger partial charge is 0.220 e. The second-order valence-electron chi connectivity index (χ2n) is 10.1. The minimum Gasteiger partial charge on any atom is -0.198 e. The standard InChI is InChI=1S/C28H36N/c1-18-14-22(21-10-8-9-11-21)17-26(20(18)3)27-25-13-12-24(28(4,5)6)16-23(25)15-19(2)29(27)7/h12-17,21H,8-11H2,1-7H3/q+1/i15D. The molecule has 4 rings (SSSR count). The second kappa shape index (κ2) is 7.27. The second-order valence-corrected chi connectivity index (χ2v) is 10.1. The molecule has 0 N–H and O–H groups in total. The van der Waals surface area contributed by atoms with E-state index in [9.17, 15) is 0 Å². The molecule has 0 amide bonds. The van der Waals surface area contributed by atoms with E-state index >= 15 is 0 Å². The number of hydrogen-bond acceptors (Lipinski definition) is 0. The highest BCUT2D eigenvalue weighted by molar-refractivity contribution is 5.94. The summed E-state index contributed by atoms with van der Waals surface area (Å²) in [5.41, 5.74) is 9.18. The van der Waals surface area contributed by atoms with Gasteiger partial charge in [-0.1, -0.05) is 51.8 Å². The Balaban J connectivity index is 2.03. The third-order valence-electron chi connectivity index (χ3n) is 7.07. The smallest absolute Gasteiger partial charge is 0.198 e. The normalized spacial score (nSPS) is 15.9. The molecular formula is C28H36N+. The molecule has 1 saturated carbocycles. The molecule has 0 atom stereocenters. The zero-order valence-electron chi connectivity index (χ0n) is 20.2. The lowest BCUT2D eigenvalue weighted by atomic mass is 9.84. The lowest BCUT2D eigenvalue weighted by Gasteiger charge is -2.20. The van der Waals surface area contributed by atoms with Crippen LogP contribution in [0, 0.1) is 20.8 Å². The molecule has 3 aromatic rings. The van der Waals surface area contributed by atoms with Crippen molar-refractivity contribution in [1.29, 1.82) is 0 Å². The highest BCUT2D eigenvalue weighted by atomic mass is 14.9. The Labute approximate surface area is 178 Å². The van der Waals surface area contributed by atoms with Crippen LogP contribution in [0.3, 0.4) is 0 Å². The van der Waals surface area contributed by atoms with Crippen molar-refractivity contribution in [3.63, 3.8) is 0 Å². The summed E-state index contributed by atoms with van der Waals surface area (Å²) in [5.74, 6) is 0.698. The molecule has 29 heavy (non-hydrogen) atoms. The predicted octanol–water partition coefficient (Wildman–Crippen LogP) is 7.21. The van der Waals surface area contributed by atoms with Gasteiger partial charge in [-0.05, 0) is 77.8 Å². The third kappa shape index (κ3) is 3.61. The lowest BCUT2D eigenvalue weighted by Crippen LogP contribution is -2.35. The van der Waals surface area contributed by atoms with Gasteiger partial charge in [0.15, 0.2) is 5.69 Å². The Morgan fingerprint density at radius 3 is 2.34 bits per heavy atom. The van der Waals surface area contributed by atoms with Crippen molar-refractivity contribution in [2.75, 3.05) is 0 Å². The third-order valence-corrected chi connectivity index (χ3v) is 7.07. The van der Waals surface area contributed by atoms with Crippen LogP contribution in [-0.2, 0) is 12.5 Å². The van der Waals surface area contributed by atoms with E-state index in [1.165, 1.54) is 64.6 Å². The fraction of sp³-hybridized carbons (Fsp3) is 0.464. The van der Waals surface area contributed by atoms with E-state index < -0.39 is 0 Å². The zero-order valence-corrected chi connectivity index (χ0v) is 19.2. The molecular weight excluding hydrogens is 350 g/mol. The molecule has 0 bridgehead atoms. The van der Waals surface area contributed by atoms with E-state index in [1.54, 1.807) is 0 Å². The first-order chi connectivity index (χ1) is 14.1. The number of fused-ring (bicyclic) bond motifs is 1. The van der Waals surface area contributed by atoms with Gasteiger partial charge in [0.05, 0.1) is 12.3 Å². The van der Waals surface area contributed by atoms with Gasteiger partial charge in [-0.2, -0.15) is 4.57 Å². The van der Waals surface area contributed by atoms with Gasteiger partial charge >= 0.3 is 0 Å². The summed E-state index contributed by atoms with van der Waals surface area (Å²) in [7, 11) is 2.12. The van der Waals surface area contributed by atoms with Crippen molar-refractivity contribution in [1.82, 2.24) is 0 Å². The summed E-state index contributed by atoms with van der Waals surface area (Å²) < 4.78 is 11.1. The van der Waals surface area contributed by atoms with Gasteiger partial charge < -0.3 is 0 Å². The first-order valence-corrected chi connectivity index (χ1v) is 11.1. The summed E-state index contributed by atoms with van der Waals surface area (Å²) in [6.45, 7) is 13.3. The Kier molecular flexibility index (Phi) is 4.73. The predicted molar refractivity (Wildman–Crippen MR) is 125 cm³/mol. The molecule has 0 saturated heterocycles. The molecule has 152 valence electrons. The molecule has 1 nitrogen and oxygen atoms in total. The molecule has 1 aromatic heterocycles. The van der Waals surface area contributed by atoms with Gasteiger partial charge in [-0.15, -0.1) is 0 Å². The van der Waals surface area contributed by atoms with E-state index in [2.05, 4.69) is 83.5 Å². The molecule has 0 radical (unpaired) electrons. The van der Waals surface area contributed by atoms with Gasteiger partial charge in [-0.3, -0.25) is 0 Å². The van der Waals surface area contributed by atoms with Crippen LogP contribution in [-0.4, -0.2) is 0 Å². The zero-order chi connectivity index (χ0) is 21.8. The number of benzene rings is 2. The molecule has 1 heterocycles. The Bertz CT molecular complexity index is 1130. The molecule has 1 heteroatoms. The highest BCUT2D eigenvalue weighted by Gasteiger charge is 2.25. The highest BCUT2D eigenvalue weighted by Crippen LogP contribution is 2.39. The number of aryl methyl sites for hydroxylation is 1. The molecule has 1 aliphatic carbocycles. The SMILES string of the molecule is [2H]c1c(C)[n+](C)c(-c2cc(C3CCCC3)cc(C)c2C)c2ccc(C(C)(C)C)cc12. The molecule has 0 spiro atoms. The van der Waals surface area contributed by atoms with Crippen LogP contribution in [0.2, 0.25) is 0 Å². The summed E-state index contributed by atoms with van der Waals surface area (Å²) in [4.78, 5) is 0. The topological polar surface area (TPSA) is 3.88 Å². The average Bonchev–Trinajstić information content (AvgIpc) is 3.23. The summed E-state index contributed by atoms with van der Waals surface area (Å²) in [5, 5.41) is 2.25. The van der Waals surface area contributed by atoms with Crippen molar-refractivity contribution in [3.8, 4) is 11.3 Å². The van der Waals surface area contributed by atoms with Crippen LogP contribution >= 0.6 is 0 Å². The Morgan fingerprint density at radius 2 is 1.69 bits per heavy atom. The molecule has 2 aromatic carbocycles. The number of rotatable bonds is 2. The molecule has 0 unspecified atom stereocenters. The Hall–Kier alpha value is -2.15. The van der Waals surface area contributed by atoms with Crippen molar-refractivity contribution in [2.45, 2.75) is 78.6 Å². The maximum Gasteiger partial charge on any atom is 0.220 e. The maximum atomic E-state index is 8.84. The fourth-order valence-electron chi connectivity index (χ4n) is 4.90. The number of pyridine rings is 1. The molecule has 1 aliphatic rings. The van der Waals surface area contributed by atoms with Crippen molar-refractivity contribution in [2.24, 2.45) is 7.05 Å². The van der Waals surface area contributed by atoms with E-state index in [0.717, 1.165) is 11.1 Å². The summed E-state index contributed by atoms with van der Waals surface area (Å²) in [6.07, 6.45) is 5.33. The molecule has 1 fully saturated rings. The maximum absolute atomic E-state index is 8.84. The van der Waals surface area contributed by atoms with Crippen LogP contribution in [0.4, 0.5) is 0 Å². The quantitative estimate of drug-likeness (QED) is 0.409. The van der Waals surface area contributed by atoms with Crippen LogP contribution in [0.1, 0.15) is 81.7 Å². The van der Waals surface area contributed by atoms with Gasteiger partial charge in [0.25, 0.3) is 0 Å². The van der Waals surface area contributed by atoms with Crippen molar-refractivity contribution >= 4 is 10.8 Å². The van der Waals surface area contributed by atoms with Gasteiger partial charge in [0.1, 0.15) is 7.05 Å². The van der Waals surface area contributed by atoms with Gasteiger partial charge in [0, 0.05) is 13.0 Å². The van der Waals surface area contributed by atoms with Crippen molar-refractivity contribution in [3.05, 3.63) is 64.3 Å². The van der Waals surface area contributed by atoms with Crippen LogP contribution in [0.15, 0.2) is 36.4 Å². The van der Waals surface area contributed by atoms with E-state index in [0.29, 0.717) is 12.0 Å². The van der Waals surface area contributed by atoms with E-state index in [1.807, 2.05) is 0 Å². The number of nitrogens with zero attached hydrogens (tertiary/aromatic N) is 1. The minimum atomic E-state index is 0.0711. The van der Waals surface area contributed by atoms with Gasteiger partial charge in [-0.25, -0.2) is 0 Å². The van der Waals surface area contributed by atoms with E-state index in [4.69, 9.17) is 1.37 Å². The Morgan fingerprint density at radius 1 is 1.00 bits per heavy atom.